The molecule has 0 bridgehead atoms. The molecule has 4 aromatic rings. The monoisotopic (exact) mass is 472 g/mol. The summed E-state index contributed by atoms with van der Waals surface area (Å²) >= 11 is 0. The van der Waals surface area contributed by atoms with Crippen LogP contribution in [-0.4, -0.2) is 42.2 Å². The SMILES string of the molecule is Cc1nccn1-c1ccc(Nc2nc(CCc3cccc(F)c3)c3c(n2)CCN(C(=O)O)C3)cc1. The second-order valence-electron chi connectivity index (χ2n) is 8.52. The van der Waals surface area contributed by atoms with E-state index in [1.54, 1.807) is 12.3 Å². The number of hydrogen-bond donors (Lipinski definition) is 2. The predicted molar refractivity (Wildman–Crippen MR) is 130 cm³/mol. The Morgan fingerprint density at radius 2 is 1.97 bits per heavy atom. The topological polar surface area (TPSA) is 96.2 Å². The molecule has 3 heterocycles. The maximum atomic E-state index is 13.6. The fourth-order valence-corrected chi connectivity index (χ4v) is 4.35. The molecule has 9 heteroatoms. The number of carboxylic acid groups (broad SMARTS) is 1. The molecule has 1 aliphatic heterocycles. The molecular formula is C26H25FN6O2. The number of fused-ring (bicyclic) bond motifs is 1. The van der Waals surface area contributed by atoms with Crippen LogP contribution in [0.1, 0.15) is 28.3 Å². The van der Waals surface area contributed by atoms with Gasteiger partial charge in [0, 0.05) is 42.3 Å². The van der Waals surface area contributed by atoms with Crippen LogP contribution in [0.25, 0.3) is 5.69 Å². The fraction of sp³-hybridized carbons (Fsp3) is 0.231. The number of imidazole rings is 1. The standard InChI is InChI=1S/C26H25FN6O2/c1-17-28-12-14-33(17)21-8-6-20(7-9-21)29-25-30-23(10-5-18-3-2-4-19(27)15-18)22-16-32(26(34)35)13-11-24(22)31-25/h2-4,6-9,12,14-15H,5,10-11,13,16H2,1H3,(H,34,35)(H,29,30,31). The van der Waals surface area contributed by atoms with E-state index in [-0.39, 0.29) is 12.4 Å². The Morgan fingerprint density at radius 3 is 2.69 bits per heavy atom. The van der Waals surface area contributed by atoms with Crippen LogP contribution < -0.4 is 5.32 Å². The first-order chi connectivity index (χ1) is 17.0. The molecule has 1 amide bonds. The van der Waals surface area contributed by atoms with Crippen LogP contribution in [0.3, 0.4) is 0 Å². The summed E-state index contributed by atoms with van der Waals surface area (Å²) in [5, 5.41) is 12.8. The van der Waals surface area contributed by atoms with Gasteiger partial charge in [-0.2, -0.15) is 0 Å². The molecule has 35 heavy (non-hydrogen) atoms. The first kappa shape index (κ1) is 22.5. The number of nitrogens with zero attached hydrogens (tertiary/aromatic N) is 5. The molecule has 0 aliphatic carbocycles. The van der Waals surface area contributed by atoms with E-state index in [1.807, 2.05) is 48.0 Å². The molecule has 2 aromatic carbocycles. The molecule has 0 atom stereocenters. The lowest BCUT2D eigenvalue weighted by molar-refractivity contribution is 0.139. The number of carbonyl (C=O) groups is 1. The Bertz CT molecular complexity index is 1370. The van der Waals surface area contributed by atoms with Crippen molar-refractivity contribution in [2.24, 2.45) is 0 Å². The Kier molecular flexibility index (Phi) is 6.13. The average molecular weight is 473 g/mol. The van der Waals surface area contributed by atoms with E-state index in [9.17, 15) is 14.3 Å². The minimum absolute atomic E-state index is 0.252. The van der Waals surface area contributed by atoms with E-state index in [1.165, 1.54) is 17.0 Å². The normalized spacial score (nSPS) is 12.9. The van der Waals surface area contributed by atoms with Gasteiger partial charge in [-0.3, -0.25) is 0 Å². The highest BCUT2D eigenvalue weighted by molar-refractivity contribution is 5.66. The van der Waals surface area contributed by atoms with Crippen molar-refractivity contribution >= 4 is 17.7 Å². The van der Waals surface area contributed by atoms with Gasteiger partial charge in [0.25, 0.3) is 0 Å². The number of amides is 1. The highest BCUT2D eigenvalue weighted by Crippen LogP contribution is 2.25. The molecule has 8 nitrogen and oxygen atoms in total. The first-order valence-electron chi connectivity index (χ1n) is 11.4. The molecule has 0 radical (unpaired) electrons. The maximum Gasteiger partial charge on any atom is 0.407 e. The summed E-state index contributed by atoms with van der Waals surface area (Å²) in [6.45, 7) is 2.59. The summed E-state index contributed by atoms with van der Waals surface area (Å²) in [5.74, 6) is 1.09. The summed E-state index contributed by atoms with van der Waals surface area (Å²) in [7, 11) is 0. The molecule has 0 fully saturated rings. The lowest BCUT2D eigenvalue weighted by Crippen LogP contribution is -2.36. The van der Waals surface area contributed by atoms with Gasteiger partial charge in [-0.05, 0) is 61.7 Å². The van der Waals surface area contributed by atoms with Gasteiger partial charge < -0.3 is 19.9 Å². The quantitative estimate of drug-likeness (QED) is 0.423. The highest BCUT2D eigenvalue weighted by atomic mass is 19.1. The number of nitrogens with one attached hydrogen (secondary N) is 1. The van der Waals surface area contributed by atoms with Crippen molar-refractivity contribution in [1.29, 1.82) is 0 Å². The highest BCUT2D eigenvalue weighted by Gasteiger charge is 2.25. The van der Waals surface area contributed by atoms with E-state index in [2.05, 4.69) is 10.3 Å². The van der Waals surface area contributed by atoms with Crippen molar-refractivity contribution in [2.75, 3.05) is 11.9 Å². The van der Waals surface area contributed by atoms with E-state index < -0.39 is 6.09 Å². The molecule has 2 aromatic heterocycles. The zero-order valence-electron chi connectivity index (χ0n) is 19.3. The van der Waals surface area contributed by atoms with Gasteiger partial charge in [-0.15, -0.1) is 0 Å². The lowest BCUT2D eigenvalue weighted by atomic mass is 9.99. The second-order valence-corrected chi connectivity index (χ2v) is 8.52. The number of rotatable bonds is 6. The van der Waals surface area contributed by atoms with Crippen molar-refractivity contribution in [3.05, 3.63) is 95.1 Å². The van der Waals surface area contributed by atoms with Crippen LogP contribution in [0.15, 0.2) is 60.9 Å². The van der Waals surface area contributed by atoms with Gasteiger partial charge >= 0.3 is 6.09 Å². The van der Waals surface area contributed by atoms with Crippen LogP contribution in [0.2, 0.25) is 0 Å². The molecule has 0 saturated carbocycles. The molecule has 0 saturated heterocycles. The van der Waals surface area contributed by atoms with E-state index in [0.717, 1.165) is 39.7 Å². The zero-order valence-corrected chi connectivity index (χ0v) is 19.3. The first-order valence-corrected chi connectivity index (χ1v) is 11.4. The van der Waals surface area contributed by atoms with Crippen molar-refractivity contribution in [2.45, 2.75) is 32.7 Å². The van der Waals surface area contributed by atoms with Gasteiger partial charge in [0.1, 0.15) is 11.6 Å². The third-order valence-electron chi connectivity index (χ3n) is 6.18. The number of hydrogen-bond acceptors (Lipinski definition) is 5. The van der Waals surface area contributed by atoms with Crippen molar-refractivity contribution in [1.82, 2.24) is 24.4 Å². The Balaban J connectivity index is 1.41. The Labute approximate surface area is 202 Å². The third kappa shape index (κ3) is 4.98. The van der Waals surface area contributed by atoms with Crippen LogP contribution >= 0.6 is 0 Å². The summed E-state index contributed by atoms with van der Waals surface area (Å²) in [4.78, 5) is 26.6. The van der Waals surface area contributed by atoms with Crippen LogP contribution in [-0.2, 0) is 25.8 Å². The number of aromatic nitrogens is 4. The summed E-state index contributed by atoms with van der Waals surface area (Å²) in [6, 6.07) is 14.4. The second kappa shape index (κ2) is 9.54. The molecule has 0 spiro atoms. The fourth-order valence-electron chi connectivity index (χ4n) is 4.35. The molecule has 178 valence electrons. The molecule has 5 rings (SSSR count). The smallest absolute Gasteiger partial charge is 0.407 e. The van der Waals surface area contributed by atoms with Crippen LogP contribution in [0.5, 0.6) is 0 Å². The minimum atomic E-state index is -0.956. The van der Waals surface area contributed by atoms with Crippen molar-refractivity contribution < 1.29 is 14.3 Å². The lowest BCUT2D eigenvalue weighted by Gasteiger charge is -2.27. The van der Waals surface area contributed by atoms with Crippen molar-refractivity contribution in [3.8, 4) is 5.69 Å². The third-order valence-corrected chi connectivity index (χ3v) is 6.18. The van der Waals surface area contributed by atoms with E-state index in [0.29, 0.717) is 31.8 Å². The molecule has 1 aliphatic rings. The number of benzene rings is 2. The van der Waals surface area contributed by atoms with Crippen molar-refractivity contribution in [3.63, 3.8) is 0 Å². The van der Waals surface area contributed by atoms with Crippen LogP contribution in [0.4, 0.5) is 20.8 Å². The van der Waals surface area contributed by atoms with Gasteiger partial charge in [-0.1, -0.05) is 12.1 Å². The molecule has 0 unspecified atom stereocenters. The van der Waals surface area contributed by atoms with Crippen LogP contribution in [0, 0.1) is 12.7 Å². The van der Waals surface area contributed by atoms with E-state index >= 15 is 0 Å². The number of halogens is 1. The minimum Gasteiger partial charge on any atom is -0.465 e. The largest absolute Gasteiger partial charge is 0.465 e. The Morgan fingerprint density at radius 1 is 1.14 bits per heavy atom. The Hall–Kier alpha value is -4.27. The number of aryl methyl sites for hydroxylation is 3. The zero-order chi connectivity index (χ0) is 24.4. The predicted octanol–water partition coefficient (Wildman–Crippen LogP) is 4.67. The maximum absolute atomic E-state index is 13.6. The summed E-state index contributed by atoms with van der Waals surface area (Å²) < 4.78 is 15.6. The number of anilines is 2. The summed E-state index contributed by atoms with van der Waals surface area (Å²) in [6.07, 6.45) is 4.38. The average Bonchev–Trinajstić information content (AvgIpc) is 3.28. The molecular weight excluding hydrogens is 447 g/mol. The van der Waals surface area contributed by atoms with E-state index in [4.69, 9.17) is 9.97 Å². The molecule has 2 N–H and O–H groups in total. The van der Waals surface area contributed by atoms with Gasteiger partial charge in [0.05, 0.1) is 17.9 Å². The van der Waals surface area contributed by atoms with Gasteiger partial charge in [0.2, 0.25) is 5.95 Å². The van der Waals surface area contributed by atoms with Gasteiger partial charge in [-0.25, -0.2) is 24.1 Å². The van der Waals surface area contributed by atoms with Gasteiger partial charge in [0.15, 0.2) is 0 Å². The summed E-state index contributed by atoms with van der Waals surface area (Å²) in [5.41, 5.74) is 5.17.